The van der Waals surface area contributed by atoms with Gasteiger partial charge in [0, 0.05) is 12.6 Å². The minimum absolute atomic E-state index is 0.711. The van der Waals surface area contributed by atoms with Crippen molar-refractivity contribution in [1.82, 2.24) is 5.32 Å². The highest BCUT2D eigenvalue weighted by Gasteiger charge is 2.24. The van der Waals surface area contributed by atoms with Crippen LogP contribution in [-0.4, -0.2) is 6.04 Å². The fraction of sp³-hybridized carbons (Fsp3) is 0.667. The molecule has 0 aliphatic heterocycles. The van der Waals surface area contributed by atoms with Crippen LogP contribution in [0.25, 0.3) is 0 Å². The second-order valence-electron chi connectivity index (χ2n) is 6.58. The minimum Gasteiger partial charge on any atom is -0.310 e. The molecule has 1 N–H and O–H groups in total. The Balaban J connectivity index is 1.77. The van der Waals surface area contributed by atoms with Crippen molar-refractivity contribution >= 4 is 0 Å². The Bertz CT molecular complexity index is 362. The van der Waals surface area contributed by atoms with E-state index in [4.69, 9.17) is 0 Å². The molecular formula is C18H29N. The van der Waals surface area contributed by atoms with Crippen LogP contribution in [0.1, 0.15) is 57.6 Å². The van der Waals surface area contributed by atoms with Gasteiger partial charge in [-0.2, -0.15) is 0 Å². The topological polar surface area (TPSA) is 12.0 Å². The summed E-state index contributed by atoms with van der Waals surface area (Å²) in [6.45, 7) is 7.87. The molecule has 0 amide bonds. The zero-order valence-corrected chi connectivity index (χ0v) is 12.8. The van der Waals surface area contributed by atoms with Crippen LogP contribution < -0.4 is 5.32 Å². The average molecular weight is 259 g/mol. The summed E-state index contributed by atoms with van der Waals surface area (Å²) < 4.78 is 0. The highest BCUT2D eigenvalue weighted by Crippen LogP contribution is 2.34. The van der Waals surface area contributed by atoms with E-state index in [1.165, 1.54) is 43.2 Å². The summed E-state index contributed by atoms with van der Waals surface area (Å²) in [5.41, 5.74) is 2.88. The van der Waals surface area contributed by atoms with Gasteiger partial charge < -0.3 is 5.32 Å². The van der Waals surface area contributed by atoms with Gasteiger partial charge in [-0.15, -0.1) is 0 Å². The van der Waals surface area contributed by atoms with E-state index in [9.17, 15) is 0 Å². The zero-order chi connectivity index (χ0) is 13.7. The van der Waals surface area contributed by atoms with Crippen LogP contribution in [0.3, 0.4) is 0 Å². The van der Waals surface area contributed by atoms with Gasteiger partial charge in [-0.1, -0.05) is 57.9 Å². The van der Waals surface area contributed by atoms with E-state index in [2.05, 4.69) is 50.4 Å². The molecule has 1 atom stereocenters. The van der Waals surface area contributed by atoms with E-state index < -0.39 is 0 Å². The highest BCUT2D eigenvalue weighted by molar-refractivity contribution is 5.22. The van der Waals surface area contributed by atoms with Crippen LogP contribution >= 0.6 is 0 Å². The zero-order valence-electron chi connectivity index (χ0n) is 12.8. The number of nitrogens with one attached hydrogen (secondary N) is 1. The van der Waals surface area contributed by atoms with E-state index in [-0.39, 0.29) is 0 Å². The molecule has 0 aromatic heterocycles. The third-order valence-corrected chi connectivity index (χ3v) is 4.07. The SMILES string of the molecule is CCC(CC1CC1)NCc1ccc(CC(C)C)cc1. The first kappa shape index (κ1) is 14.6. The largest absolute Gasteiger partial charge is 0.310 e. The molecule has 19 heavy (non-hydrogen) atoms. The quantitative estimate of drug-likeness (QED) is 0.722. The Morgan fingerprint density at radius 1 is 1.11 bits per heavy atom. The lowest BCUT2D eigenvalue weighted by atomic mass is 10.0. The van der Waals surface area contributed by atoms with E-state index in [1.807, 2.05) is 0 Å². The molecule has 0 heterocycles. The summed E-state index contributed by atoms with van der Waals surface area (Å²) >= 11 is 0. The van der Waals surface area contributed by atoms with E-state index >= 15 is 0 Å². The first-order valence-corrected chi connectivity index (χ1v) is 7.98. The second-order valence-corrected chi connectivity index (χ2v) is 6.58. The first-order valence-electron chi connectivity index (χ1n) is 7.98. The van der Waals surface area contributed by atoms with Crippen molar-refractivity contribution in [3.63, 3.8) is 0 Å². The van der Waals surface area contributed by atoms with Gasteiger partial charge in [0.25, 0.3) is 0 Å². The normalized spacial score (nSPS) is 16.8. The van der Waals surface area contributed by atoms with Crippen LogP contribution in [0.4, 0.5) is 0 Å². The van der Waals surface area contributed by atoms with Gasteiger partial charge in [0.2, 0.25) is 0 Å². The van der Waals surface area contributed by atoms with Crippen molar-refractivity contribution in [2.75, 3.05) is 0 Å². The monoisotopic (exact) mass is 259 g/mol. The molecule has 1 unspecified atom stereocenters. The van der Waals surface area contributed by atoms with E-state index in [0.717, 1.165) is 18.4 Å². The van der Waals surface area contributed by atoms with Crippen molar-refractivity contribution in [3.05, 3.63) is 35.4 Å². The van der Waals surface area contributed by atoms with Gasteiger partial charge >= 0.3 is 0 Å². The third-order valence-electron chi connectivity index (χ3n) is 4.07. The Kier molecular flexibility index (Phi) is 5.45. The van der Waals surface area contributed by atoms with Crippen molar-refractivity contribution in [3.8, 4) is 0 Å². The molecule has 106 valence electrons. The van der Waals surface area contributed by atoms with Crippen LogP contribution in [0, 0.1) is 11.8 Å². The molecule has 0 radical (unpaired) electrons. The van der Waals surface area contributed by atoms with Crippen molar-refractivity contribution in [2.45, 2.75) is 65.5 Å². The molecule has 1 aromatic rings. The number of hydrogen-bond donors (Lipinski definition) is 1. The predicted molar refractivity (Wildman–Crippen MR) is 83.2 cm³/mol. The molecule has 0 bridgehead atoms. The molecule has 1 aliphatic rings. The van der Waals surface area contributed by atoms with Crippen molar-refractivity contribution < 1.29 is 0 Å². The Morgan fingerprint density at radius 2 is 1.74 bits per heavy atom. The number of benzene rings is 1. The molecule has 1 nitrogen and oxygen atoms in total. The van der Waals surface area contributed by atoms with Gasteiger partial charge in [0.15, 0.2) is 0 Å². The van der Waals surface area contributed by atoms with Crippen LogP contribution in [0.15, 0.2) is 24.3 Å². The molecule has 1 heteroatoms. The van der Waals surface area contributed by atoms with Gasteiger partial charge in [-0.3, -0.25) is 0 Å². The molecule has 1 saturated carbocycles. The molecule has 1 aliphatic carbocycles. The van der Waals surface area contributed by atoms with Crippen LogP contribution in [0.2, 0.25) is 0 Å². The van der Waals surface area contributed by atoms with Crippen LogP contribution in [-0.2, 0) is 13.0 Å². The smallest absolute Gasteiger partial charge is 0.0208 e. The fourth-order valence-corrected chi connectivity index (χ4v) is 2.68. The molecule has 1 aromatic carbocycles. The number of hydrogen-bond acceptors (Lipinski definition) is 1. The van der Waals surface area contributed by atoms with Gasteiger partial charge in [-0.05, 0) is 42.2 Å². The maximum atomic E-state index is 3.72. The fourth-order valence-electron chi connectivity index (χ4n) is 2.68. The molecular weight excluding hydrogens is 230 g/mol. The maximum absolute atomic E-state index is 3.72. The van der Waals surface area contributed by atoms with E-state index in [1.54, 1.807) is 0 Å². The van der Waals surface area contributed by atoms with Gasteiger partial charge in [0.1, 0.15) is 0 Å². The summed E-state index contributed by atoms with van der Waals surface area (Å²) in [5.74, 6) is 1.76. The predicted octanol–water partition coefficient (Wildman–Crippen LogP) is 4.55. The molecule has 2 rings (SSSR count). The summed E-state index contributed by atoms with van der Waals surface area (Å²) in [6.07, 6.45) is 6.74. The summed E-state index contributed by atoms with van der Waals surface area (Å²) in [7, 11) is 0. The lowest BCUT2D eigenvalue weighted by molar-refractivity contribution is 0.445. The summed E-state index contributed by atoms with van der Waals surface area (Å²) in [4.78, 5) is 0. The summed E-state index contributed by atoms with van der Waals surface area (Å²) in [6, 6.07) is 9.86. The molecule has 0 saturated heterocycles. The second kappa shape index (κ2) is 7.09. The Hall–Kier alpha value is -0.820. The van der Waals surface area contributed by atoms with Gasteiger partial charge in [0.05, 0.1) is 0 Å². The summed E-state index contributed by atoms with van der Waals surface area (Å²) in [5, 5.41) is 3.72. The minimum atomic E-state index is 0.711. The molecule has 0 spiro atoms. The Morgan fingerprint density at radius 3 is 2.26 bits per heavy atom. The van der Waals surface area contributed by atoms with Crippen molar-refractivity contribution in [2.24, 2.45) is 11.8 Å². The van der Waals surface area contributed by atoms with E-state index in [0.29, 0.717) is 6.04 Å². The maximum Gasteiger partial charge on any atom is 0.0208 e. The highest BCUT2D eigenvalue weighted by atomic mass is 14.9. The standard InChI is InChI=1S/C18H29N/c1-4-18(12-16-5-6-16)19-13-17-9-7-15(8-10-17)11-14(2)3/h7-10,14,16,18-19H,4-6,11-13H2,1-3H3. The van der Waals surface area contributed by atoms with Gasteiger partial charge in [-0.25, -0.2) is 0 Å². The lowest BCUT2D eigenvalue weighted by Crippen LogP contribution is -2.28. The first-order chi connectivity index (χ1) is 9.17. The third kappa shape index (κ3) is 5.36. The van der Waals surface area contributed by atoms with Crippen LogP contribution in [0.5, 0.6) is 0 Å². The van der Waals surface area contributed by atoms with Crippen molar-refractivity contribution in [1.29, 1.82) is 0 Å². The molecule has 1 fully saturated rings. The Labute approximate surface area is 118 Å². The lowest BCUT2D eigenvalue weighted by Gasteiger charge is -2.17. The number of rotatable bonds is 8. The average Bonchev–Trinajstić information content (AvgIpc) is 3.19.